The molecule has 0 radical (unpaired) electrons. The van der Waals surface area contributed by atoms with Gasteiger partial charge in [0.05, 0.1) is 6.54 Å². The highest BCUT2D eigenvalue weighted by atomic mass is 19.4. The number of carboxylic acids is 1. The predicted octanol–water partition coefficient (Wildman–Crippen LogP) is 2.89. The van der Waals surface area contributed by atoms with Gasteiger partial charge in [0.2, 0.25) is 5.54 Å². The van der Waals surface area contributed by atoms with Crippen molar-refractivity contribution in [2.45, 2.75) is 36.6 Å². The first-order valence-electron chi connectivity index (χ1n) is 10.8. The molecule has 3 N–H and O–H groups in total. The van der Waals surface area contributed by atoms with Gasteiger partial charge < -0.3 is 19.8 Å². The van der Waals surface area contributed by atoms with Gasteiger partial charge in [-0.3, -0.25) is 10.1 Å². The molecule has 0 aromatic heterocycles. The number of hydrogen-bond acceptors (Lipinski definition) is 5. The highest BCUT2D eigenvalue weighted by molar-refractivity contribution is 5.92. The van der Waals surface area contributed by atoms with Gasteiger partial charge in [-0.25, -0.2) is 9.59 Å². The van der Waals surface area contributed by atoms with E-state index in [2.05, 4.69) is 0 Å². The van der Waals surface area contributed by atoms with Crippen molar-refractivity contribution in [2.75, 3.05) is 19.7 Å². The lowest BCUT2D eigenvalue weighted by atomic mass is 9.98. The van der Waals surface area contributed by atoms with Crippen molar-refractivity contribution in [1.29, 1.82) is 0 Å². The quantitative estimate of drug-likeness (QED) is 0.591. The van der Waals surface area contributed by atoms with Gasteiger partial charge in [0.25, 0.3) is 5.91 Å². The zero-order valence-corrected chi connectivity index (χ0v) is 18.6. The van der Waals surface area contributed by atoms with Crippen LogP contribution in [0, 0.1) is 0 Å². The van der Waals surface area contributed by atoms with E-state index in [1.165, 1.54) is 0 Å². The van der Waals surface area contributed by atoms with Crippen molar-refractivity contribution in [3.63, 3.8) is 0 Å². The Bertz CT molecular complexity index is 1140. The molecule has 0 spiro atoms. The van der Waals surface area contributed by atoms with E-state index in [0.717, 1.165) is 22.3 Å². The minimum atomic E-state index is -5.22. The molecule has 2 unspecified atom stereocenters. The highest BCUT2D eigenvalue weighted by Crippen LogP contribution is 2.44. The molecule has 1 aliphatic heterocycles. The fourth-order valence-corrected chi connectivity index (χ4v) is 4.54. The van der Waals surface area contributed by atoms with E-state index in [-0.39, 0.29) is 6.61 Å². The van der Waals surface area contributed by atoms with E-state index in [1.807, 2.05) is 48.5 Å². The largest absolute Gasteiger partial charge is 0.479 e. The summed E-state index contributed by atoms with van der Waals surface area (Å²) < 4.78 is 47.0. The van der Waals surface area contributed by atoms with Crippen LogP contribution in [0.15, 0.2) is 48.5 Å². The van der Waals surface area contributed by atoms with E-state index >= 15 is 0 Å². The van der Waals surface area contributed by atoms with E-state index in [0.29, 0.717) is 11.8 Å². The van der Waals surface area contributed by atoms with Crippen molar-refractivity contribution in [3.05, 3.63) is 59.7 Å². The molecule has 0 bridgehead atoms. The number of fused-ring (bicyclic) bond motifs is 3. The molecule has 0 saturated carbocycles. The van der Waals surface area contributed by atoms with Crippen LogP contribution in [0.5, 0.6) is 0 Å². The Morgan fingerprint density at radius 1 is 1.09 bits per heavy atom. The zero-order valence-electron chi connectivity index (χ0n) is 18.6. The summed E-state index contributed by atoms with van der Waals surface area (Å²) in [5.74, 6) is -3.63. The summed E-state index contributed by atoms with van der Waals surface area (Å²) in [5.41, 5.74) is -2.15. The van der Waals surface area contributed by atoms with Gasteiger partial charge in [0.15, 0.2) is 5.60 Å². The second-order valence-corrected chi connectivity index (χ2v) is 8.89. The fourth-order valence-electron chi connectivity index (χ4n) is 4.54. The molecule has 1 saturated heterocycles. The van der Waals surface area contributed by atoms with Crippen LogP contribution in [0.25, 0.3) is 11.1 Å². The molecule has 2 aromatic rings. The topological polar surface area (TPSA) is 116 Å². The normalized spacial score (nSPS) is 21.1. The summed E-state index contributed by atoms with van der Waals surface area (Å²) in [5, 5.41) is 20.7. The maximum Gasteiger partial charge on any atom is 0.420 e. The highest BCUT2D eigenvalue weighted by Gasteiger charge is 2.61. The number of aliphatic hydroxyl groups is 1. The Hall–Kier alpha value is -3.60. The molecule has 2 atom stereocenters. The number of alkyl halides is 3. The summed E-state index contributed by atoms with van der Waals surface area (Å²) in [6, 6.07) is 14.8. The summed E-state index contributed by atoms with van der Waals surface area (Å²) in [4.78, 5) is 37.0. The number of carboxylic acid groups (broad SMARTS) is 1. The number of β-amino-alcohol motifs (C(OH)–C–C–N with tert-alkyl or cyclic N) is 1. The maximum atomic E-state index is 14.0. The Labute approximate surface area is 198 Å². The lowest BCUT2D eigenvalue weighted by Crippen LogP contribution is -2.66. The third-order valence-corrected chi connectivity index (χ3v) is 6.62. The van der Waals surface area contributed by atoms with Crippen LogP contribution in [-0.4, -0.2) is 70.1 Å². The molecular formula is C24H23F3N2O6. The number of likely N-dealkylation sites (tertiary alicyclic amines) is 1. The first-order valence-corrected chi connectivity index (χ1v) is 10.8. The number of nitrogens with one attached hydrogen (secondary N) is 1. The maximum absolute atomic E-state index is 14.0. The van der Waals surface area contributed by atoms with Gasteiger partial charge in [-0.1, -0.05) is 48.5 Å². The number of halogens is 3. The van der Waals surface area contributed by atoms with Gasteiger partial charge in [-0.05, 0) is 29.2 Å². The standard InChI is InChI=1S/C24H23F3N2O6/c1-22(24(25,26)27,19(30)29-11-10-23(34,13-29)20(31)32)28-21(33)35-12-18-16-8-4-2-6-14(16)15-7-3-5-9-17(15)18/h2-9,18,34H,10-13H2,1H3,(H,28,33)(H,31,32). The number of hydrogen-bond donors (Lipinski definition) is 3. The molecular weight excluding hydrogens is 469 g/mol. The van der Waals surface area contributed by atoms with E-state index < -0.39 is 60.7 Å². The number of ether oxygens (including phenoxy) is 1. The van der Waals surface area contributed by atoms with Crippen molar-refractivity contribution in [3.8, 4) is 11.1 Å². The molecule has 2 amide bonds. The van der Waals surface area contributed by atoms with Crippen LogP contribution >= 0.6 is 0 Å². The van der Waals surface area contributed by atoms with Gasteiger partial charge in [0, 0.05) is 18.9 Å². The van der Waals surface area contributed by atoms with Crippen LogP contribution in [0.2, 0.25) is 0 Å². The Morgan fingerprint density at radius 3 is 2.11 bits per heavy atom. The van der Waals surface area contributed by atoms with Crippen LogP contribution in [0.4, 0.5) is 18.0 Å². The van der Waals surface area contributed by atoms with Crippen molar-refractivity contribution in [2.24, 2.45) is 0 Å². The monoisotopic (exact) mass is 492 g/mol. The molecule has 8 nitrogen and oxygen atoms in total. The average molecular weight is 492 g/mol. The van der Waals surface area contributed by atoms with E-state index in [1.54, 1.807) is 5.32 Å². The van der Waals surface area contributed by atoms with Crippen LogP contribution < -0.4 is 5.32 Å². The van der Waals surface area contributed by atoms with Gasteiger partial charge in [0.1, 0.15) is 6.61 Å². The van der Waals surface area contributed by atoms with Gasteiger partial charge >= 0.3 is 18.2 Å². The van der Waals surface area contributed by atoms with E-state index in [9.17, 15) is 32.7 Å². The molecule has 4 rings (SSSR count). The second kappa shape index (κ2) is 8.56. The number of nitrogens with zero attached hydrogens (tertiary/aromatic N) is 1. The number of carbonyl (C=O) groups is 3. The third kappa shape index (κ3) is 4.20. The number of alkyl carbamates (subject to hydrolysis) is 1. The Morgan fingerprint density at radius 2 is 1.63 bits per heavy atom. The molecule has 1 aliphatic carbocycles. The summed E-state index contributed by atoms with van der Waals surface area (Å²) in [6.45, 7) is -1.03. The number of benzene rings is 2. The molecule has 2 aliphatic rings. The average Bonchev–Trinajstić information content (AvgIpc) is 3.36. The molecule has 186 valence electrons. The van der Waals surface area contributed by atoms with Gasteiger partial charge in [-0.15, -0.1) is 0 Å². The first-order chi connectivity index (χ1) is 16.4. The van der Waals surface area contributed by atoms with Crippen LogP contribution in [0.3, 0.4) is 0 Å². The Kier molecular flexibility index (Phi) is 6.00. The van der Waals surface area contributed by atoms with Gasteiger partial charge in [-0.2, -0.15) is 13.2 Å². The minimum absolute atomic E-state index is 0.259. The molecule has 11 heteroatoms. The summed E-state index contributed by atoms with van der Waals surface area (Å²) >= 11 is 0. The minimum Gasteiger partial charge on any atom is -0.479 e. The lowest BCUT2D eigenvalue weighted by Gasteiger charge is -2.34. The number of carbonyl (C=O) groups excluding carboxylic acids is 2. The predicted molar refractivity (Wildman–Crippen MR) is 116 cm³/mol. The smallest absolute Gasteiger partial charge is 0.420 e. The second-order valence-electron chi connectivity index (χ2n) is 8.89. The van der Waals surface area contributed by atoms with E-state index in [4.69, 9.17) is 9.84 Å². The molecule has 35 heavy (non-hydrogen) atoms. The molecule has 1 heterocycles. The number of rotatable bonds is 5. The molecule has 2 aromatic carbocycles. The Balaban J connectivity index is 1.50. The SMILES string of the molecule is CC(NC(=O)OCC1c2ccccc2-c2ccccc21)(C(=O)N1CCC(O)(C(=O)O)C1)C(F)(F)F. The number of aliphatic carboxylic acids is 1. The van der Waals surface area contributed by atoms with Crippen molar-refractivity contribution in [1.82, 2.24) is 10.2 Å². The molecule has 1 fully saturated rings. The van der Waals surface area contributed by atoms with Crippen LogP contribution in [-0.2, 0) is 14.3 Å². The summed E-state index contributed by atoms with van der Waals surface area (Å²) in [6.07, 6.45) is -7.11. The van der Waals surface area contributed by atoms with Crippen molar-refractivity contribution >= 4 is 18.0 Å². The lowest BCUT2D eigenvalue weighted by molar-refractivity contribution is -0.200. The van der Waals surface area contributed by atoms with Crippen LogP contribution in [0.1, 0.15) is 30.4 Å². The fraction of sp³-hybridized carbons (Fsp3) is 0.375. The van der Waals surface area contributed by atoms with Crippen molar-refractivity contribution < 1.29 is 42.5 Å². The zero-order chi connectivity index (χ0) is 25.6. The summed E-state index contributed by atoms with van der Waals surface area (Å²) in [7, 11) is 0. The third-order valence-electron chi connectivity index (χ3n) is 6.62. The number of amides is 2. The first kappa shape index (κ1) is 24.5.